The second-order valence-corrected chi connectivity index (χ2v) is 6.48. The molecule has 0 radical (unpaired) electrons. The molecule has 2 heterocycles. The van der Waals surface area contributed by atoms with Gasteiger partial charge in [0.25, 0.3) is 0 Å². The Kier molecular flexibility index (Phi) is 10.6. The van der Waals surface area contributed by atoms with Crippen LogP contribution >= 0.6 is 24.8 Å². The zero-order valence-electron chi connectivity index (χ0n) is 13.7. The van der Waals surface area contributed by atoms with E-state index in [-0.39, 0.29) is 42.1 Å². The van der Waals surface area contributed by atoms with Gasteiger partial charge in [-0.25, -0.2) is 0 Å². The fraction of sp³-hybridized carbons (Fsp3) is 0.933. The van der Waals surface area contributed by atoms with Crippen LogP contribution in [0.15, 0.2) is 0 Å². The molecule has 5 nitrogen and oxygen atoms in total. The minimum atomic E-state index is 0. The topological polar surface area (TPSA) is 53.6 Å². The molecule has 2 fully saturated rings. The van der Waals surface area contributed by atoms with Crippen LogP contribution in [0.5, 0.6) is 0 Å². The summed E-state index contributed by atoms with van der Waals surface area (Å²) < 4.78 is 5.39. The average molecular weight is 356 g/mol. The van der Waals surface area contributed by atoms with Crippen molar-refractivity contribution in [2.45, 2.75) is 25.7 Å². The normalized spacial score (nSPS) is 22.3. The lowest BCUT2D eigenvalue weighted by Crippen LogP contribution is -2.49. The molecule has 22 heavy (non-hydrogen) atoms. The lowest BCUT2D eigenvalue weighted by atomic mass is 9.79. The maximum Gasteiger partial charge on any atom is 0.223 e. The molecule has 2 aliphatic heterocycles. The van der Waals surface area contributed by atoms with E-state index in [4.69, 9.17) is 4.74 Å². The Balaban J connectivity index is 0.00000220. The van der Waals surface area contributed by atoms with Crippen LogP contribution in [0, 0.1) is 11.3 Å². The van der Waals surface area contributed by atoms with Crippen molar-refractivity contribution in [3.8, 4) is 0 Å². The summed E-state index contributed by atoms with van der Waals surface area (Å²) in [6, 6.07) is 0. The molecule has 0 unspecified atom stereocenters. The molecule has 1 amide bonds. The Morgan fingerprint density at radius 2 is 1.86 bits per heavy atom. The van der Waals surface area contributed by atoms with Crippen molar-refractivity contribution in [2.24, 2.45) is 11.3 Å². The first-order valence-corrected chi connectivity index (χ1v) is 7.81. The highest BCUT2D eigenvalue weighted by molar-refractivity contribution is 5.85. The van der Waals surface area contributed by atoms with E-state index < -0.39 is 0 Å². The van der Waals surface area contributed by atoms with Gasteiger partial charge in [0.15, 0.2) is 0 Å². The molecule has 2 aliphatic rings. The van der Waals surface area contributed by atoms with E-state index in [2.05, 4.69) is 22.6 Å². The van der Waals surface area contributed by atoms with Gasteiger partial charge in [0.2, 0.25) is 5.91 Å². The molecular formula is C15H31Cl2N3O2. The van der Waals surface area contributed by atoms with Crippen molar-refractivity contribution in [3.63, 3.8) is 0 Å². The maximum atomic E-state index is 12.3. The number of halogens is 2. The summed E-state index contributed by atoms with van der Waals surface area (Å²) in [6.45, 7) is 5.60. The van der Waals surface area contributed by atoms with Crippen LogP contribution in [-0.2, 0) is 9.53 Å². The summed E-state index contributed by atoms with van der Waals surface area (Å²) in [7, 11) is 3.87. The Bertz CT molecular complexity index is 312. The van der Waals surface area contributed by atoms with Gasteiger partial charge in [-0.15, -0.1) is 24.8 Å². The molecule has 0 saturated carbocycles. The van der Waals surface area contributed by atoms with Crippen LogP contribution < -0.4 is 10.6 Å². The van der Waals surface area contributed by atoms with Gasteiger partial charge < -0.3 is 20.3 Å². The highest BCUT2D eigenvalue weighted by atomic mass is 35.5. The first-order valence-electron chi connectivity index (χ1n) is 7.81. The SMILES string of the molecule is COCC1(CNC(=O)C2CCN(C)CC2)CCNCC1.Cl.Cl. The fourth-order valence-corrected chi connectivity index (χ4v) is 3.33. The van der Waals surface area contributed by atoms with Crippen LogP contribution in [0.2, 0.25) is 0 Å². The standard InChI is InChI=1S/C15H29N3O2.2ClH/c1-18-9-3-13(4-10-18)14(19)17-11-15(12-20-2)5-7-16-8-6-15;;/h13,16H,3-12H2,1-2H3,(H,17,19);2*1H. The largest absolute Gasteiger partial charge is 0.384 e. The first kappa shape index (κ1) is 21.9. The molecule has 0 bridgehead atoms. The number of hydrogen-bond donors (Lipinski definition) is 2. The number of rotatable bonds is 5. The molecule has 0 aliphatic carbocycles. The summed E-state index contributed by atoms with van der Waals surface area (Å²) in [4.78, 5) is 14.6. The van der Waals surface area contributed by atoms with E-state index in [9.17, 15) is 4.79 Å². The summed E-state index contributed by atoms with van der Waals surface area (Å²) in [6.07, 6.45) is 4.13. The molecule has 7 heteroatoms. The number of ether oxygens (including phenoxy) is 1. The molecular weight excluding hydrogens is 325 g/mol. The second-order valence-electron chi connectivity index (χ2n) is 6.48. The Labute approximate surface area is 146 Å². The summed E-state index contributed by atoms with van der Waals surface area (Å²) >= 11 is 0. The molecule has 132 valence electrons. The predicted octanol–water partition coefficient (Wildman–Crippen LogP) is 1.30. The molecule has 0 aromatic carbocycles. The number of nitrogens with zero attached hydrogens (tertiary/aromatic N) is 1. The molecule has 0 aromatic rings. The zero-order valence-corrected chi connectivity index (χ0v) is 15.4. The van der Waals surface area contributed by atoms with Crippen LogP contribution in [0.3, 0.4) is 0 Å². The maximum absolute atomic E-state index is 12.3. The smallest absolute Gasteiger partial charge is 0.223 e. The average Bonchev–Trinajstić information content (AvgIpc) is 2.47. The van der Waals surface area contributed by atoms with Gasteiger partial charge >= 0.3 is 0 Å². The number of nitrogens with one attached hydrogen (secondary N) is 2. The number of likely N-dealkylation sites (tertiary alicyclic amines) is 1. The highest BCUT2D eigenvalue weighted by Gasteiger charge is 2.33. The summed E-state index contributed by atoms with van der Waals surface area (Å²) in [5, 5.41) is 6.58. The minimum Gasteiger partial charge on any atom is -0.384 e. The van der Waals surface area contributed by atoms with Crippen molar-refractivity contribution >= 4 is 30.7 Å². The van der Waals surface area contributed by atoms with Crippen molar-refractivity contribution in [1.29, 1.82) is 0 Å². The van der Waals surface area contributed by atoms with Crippen LogP contribution in [-0.4, -0.2) is 64.3 Å². The van der Waals surface area contributed by atoms with Gasteiger partial charge in [-0.3, -0.25) is 4.79 Å². The predicted molar refractivity (Wildman–Crippen MR) is 94.1 cm³/mol. The molecule has 0 aromatic heterocycles. The van der Waals surface area contributed by atoms with E-state index in [0.717, 1.165) is 65.0 Å². The van der Waals surface area contributed by atoms with Crippen LogP contribution in [0.1, 0.15) is 25.7 Å². The third kappa shape index (κ3) is 6.20. The van der Waals surface area contributed by atoms with E-state index in [0.29, 0.717) is 0 Å². The first-order chi connectivity index (χ1) is 9.65. The van der Waals surface area contributed by atoms with Crippen molar-refractivity contribution < 1.29 is 9.53 Å². The van der Waals surface area contributed by atoms with Gasteiger partial charge in [-0.1, -0.05) is 0 Å². The number of carbonyl (C=O) groups is 1. The minimum absolute atomic E-state index is 0. The third-order valence-electron chi connectivity index (χ3n) is 4.84. The molecule has 0 atom stereocenters. The number of amides is 1. The Morgan fingerprint density at radius 1 is 1.27 bits per heavy atom. The molecule has 0 spiro atoms. The quantitative estimate of drug-likeness (QED) is 0.780. The van der Waals surface area contributed by atoms with E-state index in [1.807, 2.05) is 0 Å². The van der Waals surface area contributed by atoms with E-state index >= 15 is 0 Å². The lowest BCUT2D eigenvalue weighted by Gasteiger charge is -2.38. The number of piperidine rings is 2. The van der Waals surface area contributed by atoms with Crippen LogP contribution in [0.4, 0.5) is 0 Å². The van der Waals surface area contributed by atoms with Gasteiger partial charge in [-0.2, -0.15) is 0 Å². The number of methoxy groups -OCH3 is 1. The third-order valence-corrected chi connectivity index (χ3v) is 4.84. The van der Waals surface area contributed by atoms with Gasteiger partial charge in [0.1, 0.15) is 0 Å². The number of carbonyl (C=O) groups excluding carboxylic acids is 1. The molecule has 2 rings (SSSR count). The summed E-state index contributed by atoms with van der Waals surface area (Å²) in [5.74, 6) is 0.444. The van der Waals surface area contributed by atoms with Crippen molar-refractivity contribution in [1.82, 2.24) is 15.5 Å². The van der Waals surface area contributed by atoms with Crippen molar-refractivity contribution in [3.05, 3.63) is 0 Å². The second kappa shape index (κ2) is 10.7. The molecule has 2 N–H and O–H groups in total. The Morgan fingerprint density at radius 3 is 2.41 bits per heavy atom. The lowest BCUT2D eigenvalue weighted by molar-refractivity contribution is -0.127. The van der Waals surface area contributed by atoms with Gasteiger partial charge in [0.05, 0.1) is 6.61 Å². The van der Waals surface area contributed by atoms with Crippen molar-refractivity contribution in [2.75, 3.05) is 53.5 Å². The number of hydrogen-bond acceptors (Lipinski definition) is 4. The van der Waals surface area contributed by atoms with E-state index in [1.165, 1.54) is 0 Å². The highest BCUT2D eigenvalue weighted by Crippen LogP contribution is 2.28. The van der Waals surface area contributed by atoms with Gasteiger partial charge in [0, 0.05) is 25.0 Å². The monoisotopic (exact) mass is 355 g/mol. The molecule has 2 saturated heterocycles. The van der Waals surface area contributed by atoms with Crippen LogP contribution in [0.25, 0.3) is 0 Å². The van der Waals surface area contributed by atoms with Gasteiger partial charge in [-0.05, 0) is 58.9 Å². The Hall–Kier alpha value is -0.0700. The summed E-state index contributed by atoms with van der Waals surface area (Å²) in [5.41, 5.74) is 0.126. The van der Waals surface area contributed by atoms with E-state index in [1.54, 1.807) is 7.11 Å². The zero-order chi connectivity index (χ0) is 14.4. The fourth-order valence-electron chi connectivity index (χ4n) is 3.33.